The lowest BCUT2D eigenvalue weighted by molar-refractivity contribution is 0.282. The highest BCUT2D eigenvalue weighted by atomic mass is 32.2. The molecular formula is C15H19NO3S2. The molecule has 1 heterocycles. The summed E-state index contributed by atoms with van der Waals surface area (Å²) in [4.78, 5) is 0. The summed E-state index contributed by atoms with van der Waals surface area (Å²) in [6.45, 7) is 1.77. The Morgan fingerprint density at radius 3 is 2.67 bits per heavy atom. The molecule has 4 nitrogen and oxygen atoms in total. The van der Waals surface area contributed by atoms with Gasteiger partial charge in [-0.25, -0.2) is 13.1 Å². The number of hydrogen-bond donors (Lipinski definition) is 2. The highest BCUT2D eigenvalue weighted by Crippen LogP contribution is 2.12. The Kier molecular flexibility index (Phi) is 5.52. The van der Waals surface area contributed by atoms with Gasteiger partial charge in [-0.1, -0.05) is 24.3 Å². The molecule has 0 radical (unpaired) electrons. The largest absolute Gasteiger partial charge is 0.392 e. The summed E-state index contributed by atoms with van der Waals surface area (Å²) >= 11 is 1.61. The quantitative estimate of drug-likeness (QED) is 0.821. The molecule has 1 aromatic carbocycles. The molecule has 0 spiro atoms. The Labute approximate surface area is 129 Å². The summed E-state index contributed by atoms with van der Waals surface area (Å²) < 4.78 is 27.0. The van der Waals surface area contributed by atoms with Gasteiger partial charge in [0.15, 0.2) is 0 Å². The van der Waals surface area contributed by atoms with Gasteiger partial charge in [0.05, 0.1) is 12.4 Å². The van der Waals surface area contributed by atoms with E-state index >= 15 is 0 Å². The number of hydrogen-bond acceptors (Lipinski definition) is 4. The Balaban J connectivity index is 1.97. The number of benzene rings is 1. The van der Waals surface area contributed by atoms with Crippen LogP contribution in [-0.2, 0) is 28.8 Å². The fraction of sp³-hybridized carbons (Fsp3) is 0.333. The summed E-state index contributed by atoms with van der Waals surface area (Å²) in [5.74, 6) is -0.0746. The van der Waals surface area contributed by atoms with Crippen molar-refractivity contribution in [3.8, 4) is 0 Å². The molecule has 0 saturated heterocycles. The Hall–Kier alpha value is -1.21. The van der Waals surface area contributed by atoms with E-state index in [0.717, 1.165) is 5.56 Å². The number of rotatable bonds is 7. The van der Waals surface area contributed by atoms with Crippen LogP contribution >= 0.6 is 11.3 Å². The molecule has 1 atom stereocenters. The van der Waals surface area contributed by atoms with Gasteiger partial charge < -0.3 is 5.11 Å². The smallest absolute Gasteiger partial charge is 0.216 e. The predicted molar refractivity (Wildman–Crippen MR) is 85.6 cm³/mol. The number of aliphatic hydroxyl groups excluding tert-OH is 1. The van der Waals surface area contributed by atoms with Crippen LogP contribution in [0, 0.1) is 0 Å². The average molecular weight is 325 g/mol. The molecule has 0 aliphatic rings. The van der Waals surface area contributed by atoms with Gasteiger partial charge in [-0.05, 0) is 46.9 Å². The van der Waals surface area contributed by atoms with Gasteiger partial charge in [0.25, 0.3) is 0 Å². The molecule has 0 amide bonds. The molecule has 114 valence electrons. The molecule has 2 rings (SSSR count). The van der Waals surface area contributed by atoms with Crippen LogP contribution < -0.4 is 4.72 Å². The standard InChI is InChI=1S/C15H19NO3S2/c1-12(7-14-5-6-20-10-14)16-21(18,19)11-15-4-2-3-13(8-15)9-17/h2-6,8,10,12,16-17H,7,9,11H2,1H3. The topological polar surface area (TPSA) is 66.4 Å². The maximum Gasteiger partial charge on any atom is 0.216 e. The molecule has 2 aromatic rings. The van der Waals surface area contributed by atoms with E-state index < -0.39 is 10.0 Å². The fourth-order valence-electron chi connectivity index (χ4n) is 2.19. The van der Waals surface area contributed by atoms with Gasteiger partial charge in [-0.15, -0.1) is 0 Å². The summed E-state index contributed by atoms with van der Waals surface area (Å²) in [6.07, 6.45) is 0.680. The summed E-state index contributed by atoms with van der Waals surface area (Å²) in [6, 6.07) is 8.84. The van der Waals surface area contributed by atoms with E-state index in [1.54, 1.807) is 35.6 Å². The summed E-state index contributed by atoms with van der Waals surface area (Å²) in [5, 5.41) is 13.1. The molecule has 1 unspecified atom stereocenters. The molecule has 0 fully saturated rings. The van der Waals surface area contributed by atoms with Gasteiger partial charge in [0.1, 0.15) is 0 Å². The number of nitrogens with one attached hydrogen (secondary N) is 1. The highest BCUT2D eigenvalue weighted by molar-refractivity contribution is 7.88. The predicted octanol–water partition coefficient (Wildman–Crippen LogP) is 2.29. The van der Waals surface area contributed by atoms with E-state index in [9.17, 15) is 8.42 Å². The first-order valence-corrected chi connectivity index (χ1v) is 9.28. The third-order valence-electron chi connectivity index (χ3n) is 3.03. The van der Waals surface area contributed by atoms with Crippen LogP contribution in [-0.4, -0.2) is 19.6 Å². The van der Waals surface area contributed by atoms with Crippen molar-refractivity contribution in [2.45, 2.75) is 31.7 Å². The molecule has 2 N–H and O–H groups in total. The minimum atomic E-state index is -3.39. The van der Waals surface area contributed by atoms with E-state index in [2.05, 4.69) is 4.72 Å². The van der Waals surface area contributed by atoms with E-state index in [1.807, 2.05) is 23.8 Å². The first-order valence-electron chi connectivity index (χ1n) is 6.68. The Bertz CT molecular complexity index is 666. The van der Waals surface area contributed by atoms with Crippen molar-refractivity contribution in [1.29, 1.82) is 0 Å². The lowest BCUT2D eigenvalue weighted by Gasteiger charge is -2.14. The van der Waals surface area contributed by atoms with E-state index in [1.165, 1.54) is 0 Å². The molecular weight excluding hydrogens is 306 g/mol. The second-order valence-electron chi connectivity index (χ2n) is 5.09. The van der Waals surface area contributed by atoms with E-state index in [-0.39, 0.29) is 18.4 Å². The Morgan fingerprint density at radius 1 is 1.24 bits per heavy atom. The molecule has 0 bridgehead atoms. The monoisotopic (exact) mass is 325 g/mol. The van der Waals surface area contributed by atoms with Crippen LogP contribution in [0.25, 0.3) is 0 Å². The van der Waals surface area contributed by atoms with Crippen LogP contribution in [0.1, 0.15) is 23.6 Å². The van der Waals surface area contributed by atoms with Crippen molar-refractivity contribution < 1.29 is 13.5 Å². The normalized spacial score (nSPS) is 13.2. The van der Waals surface area contributed by atoms with Crippen molar-refractivity contribution in [3.05, 3.63) is 57.8 Å². The van der Waals surface area contributed by atoms with Crippen LogP contribution in [0.3, 0.4) is 0 Å². The zero-order valence-corrected chi connectivity index (χ0v) is 13.5. The third-order valence-corrected chi connectivity index (χ3v) is 5.24. The minimum absolute atomic E-state index is 0.0746. The molecule has 1 aromatic heterocycles. The molecule has 6 heteroatoms. The zero-order valence-electron chi connectivity index (χ0n) is 11.8. The van der Waals surface area contributed by atoms with Crippen molar-refractivity contribution in [2.75, 3.05) is 0 Å². The van der Waals surface area contributed by atoms with Crippen molar-refractivity contribution >= 4 is 21.4 Å². The highest BCUT2D eigenvalue weighted by Gasteiger charge is 2.16. The maximum atomic E-state index is 12.2. The van der Waals surface area contributed by atoms with Crippen LogP contribution in [0.15, 0.2) is 41.1 Å². The van der Waals surface area contributed by atoms with Gasteiger partial charge in [0.2, 0.25) is 10.0 Å². The van der Waals surface area contributed by atoms with Gasteiger partial charge in [-0.3, -0.25) is 0 Å². The van der Waals surface area contributed by atoms with Crippen molar-refractivity contribution in [3.63, 3.8) is 0 Å². The second kappa shape index (κ2) is 7.17. The Morgan fingerprint density at radius 2 is 2.00 bits per heavy atom. The third kappa shape index (κ3) is 5.24. The van der Waals surface area contributed by atoms with Gasteiger partial charge in [-0.2, -0.15) is 11.3 Å². The lowest BCUT2D eigenvalue weighted by Crippen LogP contribution is -2.34. The second-order valence-corrected chi connectivity index (χ2v) is 7.63. The fourth-order valence-corrected chi connectivity index (χ4v) is 4.27. The number of thiophene rings is 1. The van der Waals surface area contributed by atoms with Gasteiger partial charge in [0, 0.05) is 6.04 Å². The minimum Gasteiger partial charge on any atom is -0.392 e. The summed E-state index contributed by atoms with van der Waals surface area (Å²) in [5.41, 5.74) is 2.53. The lowest BCUT2D eigenvalue weighted by atomic mass is 10.1. The first kappa shape index (κ1) is 16.2. The van der Waals surface area contributed by atoms with Crippen LogP contribution in [0.2, 0.25) is 0 Å². The number of aliphatic hydroxyl groups is 1. The molecule has 0 aliphatic heterocycles. The van der Waals surface area contributed by atoms with E-state index in [4.69, 9.17) is 5.11 Å². The van der Waals surface area contributed by atoms with E-state index in [0.29, 0.717) is 17.5 Å². The van der Waals surface area contributed by atoms with Crippen molar-refractivity contribution in [1.82, 2.24) is 4.72 Å². The average Bonchev–Trinajstić information content (AvgIpc) is 2.90. The van der Waals surface area contributed by atoms with Crippen molar-refractivity contribution in [2.24, 2.45) is 0 Å². The number of sulfonamides is 1. The first-order chi connectivity index (χ1) is 9.98. The summed E-state index contributed by atoms with van der Waals surface area (Å²) in [7, 11) is -3.39. The molecule has 21 heavy (non-hydrogen) atoms. The zero-order chi connectivity index (χ0) is 15.3. The van der Waals surface area contributed by atoms with Crippen LogP contribution in [0.4, 0.5) is 0 Å². The SMILES string of the molecule is CC(Cc1ccsc1)NS(=O)(=O)Cc1cccc(CO)c1. The maximum absolute atomic E-state index is 12.2. The molecule has 0 saturated carbocycles. The van der Waals surface area contributed by atoms with Gasteiger partial charge >= 0.3 is 0 Å². The molecule has 0 aliphatic carbocycles. The van der Waals surface area contributed by atoms with Crippen LogP contribution in [0.5, 0.6) is 0 Å².